The smallest absolute Gasteiger partial charge is 0.251 e. The normalized spacial score (nSPS) is 16.8. The number of aryl methyl sites for hydroxylation is 1. The zero-order chi connectivity index (χ0) is 18.0. The number of carbonyl (C=O) groups excluding carboxylic acids is 2. The quantitative estimate of drug-likeness (QED) is 0.933. The molecule has 3 rings (SSSR count). The van der Waals surface area contributed by atoms with Gasteiger partial charge in [-0.3, -0.25) is 9.59 Å². The highest BCUT2D eigenvalue weighted by molar-refractivity contribution is 6.04. The van der Waals surface area contributed by atoms with Crippen LogP contribution < -0.4 is 15.1 Å². The van der Waals surface area contributed by atoms with E-state index in [1.807, 2.05) is 62.3 Å². The Hall–Kier alpha value is -2.82. The van der Waals surface area contributed by atoms with Gasteiger partial charge in [0.25, 0.3) is 5.91 Å². The first-order chi connectivity index (χ1) is 12.0. The fourth-order valence-corrected chi connectivity index (χ4v) is 2.95. The van der Waals surface area contributed by atoms with Gasteiger partial charge >= 0.3 is 0 Å². The van der Waals surface area contributed by atoms with Crippen molar-refractivity contribution in [3.8, 4) is 0 Å². The first kappa shape index (κ1) is 17.0. The van der Waals surface area contributed by atoms with E-state index in [1.54, 1.807) is 17.0 Å². The van der Waals surface area contributed by atoms with Gasteiger partial charge in [-0.05, 0) is 49.7 Å². The highest BCUT2D eigenvalue weighted by Crippen LogP contribution is 2.22. The van der Waals surface area contributed by atoms with Crippen molar-refractivity contribution in [2.45, 2.75) is 19.4 Å². The summed E-state index contributed by atoms with van der Waals surface area (Å²) in [5, 5.41) is 2.86. The van der Waals surface area contributed by atoms with Gasteiger partial charge in [-0.2, -0.15) is 0 Å². The van der Waals surface area contributed by atoms with Gasteiger partial charge in [0.05, 0.1) is 0 Å². The van der Waals surface area contributed by atoms with E-state index in [4.69, 9.17) is 0 Å². The first-order valence-corrected chi connectivity index (χ1v) is 8.42. The second-order valence-corrected chi connectivity index (χ2v) is 6.58. The van der Waals surface area contributed by atoms with Crippen molar-refractivity contribution in [3.63, 3.8) is 0 Å². The van der Waals surface area contributed by atoms with Crippen molar-refractivity contribution >= 4 is 23.2 Å². The van der Waals surface area contributed by atoms with Crippen LogP contribution in [0.3, 0.4) is 0 Å². The van der Waals surface area contributed by atoms with Crippen LogP contribution in [0.5, 0.6) is 0 Å². The molecule has 1 N–H and O–H groups in total. The molecule has 25 heavy (non-hydrogen) atoms. The zero-order valence-electron chi connectivity index (χ0n) is 14.8. The molecule has 1 heterocycles. The van der Waals surface area contributed by atoms with Crippen LogP contribution in [0.25, 0.3) is 0 Å². The molecule has 0 radical (unpaired) electrons. The molecule has 1 saturated heterocycles. The molecule has 0 saturated carbocycles. The summed E-state index contributed by atoms with van der Waals surface area (Å²) >= 11 is 0. The summed E-state index contributed by atoms with van der Waals surface area (Å²) in [6.07, 6.45) is 0.619. The molecule has 1 aliphatic heterocycles. The number of hydrogen-bond donors (Lipinski definition) is 1. The Labute approximate surface area is 148 Å². The predicted molar refractivity (Wildman–Crippen MR) is 100 cm³/mol. The molecule has 2 aromatic carbocycles. The molecule has 2 amide bonds. The Morgan fingerprint density at radius 3 is 2.32 bits per heavy atom. The average molecular weight is 337 g/mol. The first-order valence-electron chi connectivity index (χ1n) is 8.42. The maximum Gasteiger partial charge on any atom is 0.251 e. The Balaban J connectivity index is 1.66. The van der Waals surface area contributed by atoms with Gasteiger partial charge in [0.2, 0.25) is 5.91 Å². The van der Waals surface area contributed by atoms with Crippen LogP contribution in [-0.4, -0.2) is 38.5 Å². The molecule has 1 atom stereocenters. The standard InChI is InChI=1S/C20H23N3O2/c1-14-4-8-17(9-5-14)23-13-12-18(20(23)25)21-19(24)15-6-10-16(11-7-15)22(2)3/h4-11,18H,12-13H2,1-3H3,(H,21,24)/t18-/m1/s1. The lowest BCUT2D eigenvalue weighted by atomic mass is 10.1. The summed E-state index contributed by atoms with van der Waals surface area (Å²) in [5.74, 6) is -0.267. The van der Waals surface area contributed by atoms with Crippen LogP contribution in [0.1, 0.15) is 22.3 Å². The van der Waals surface area contributed by atoms with Gasteiger partial charge in [0, 0.05) is 37.6 Å². The molecule has 0 unspecified atom stereocenters. The number of benzene rings is 2. The molecule has 1 fully saturated rings. The van der Waals surface area contributed by atoms with Crippen molar-refractivity contribution in [1.82, 2.24) is 5.32 Å². The SMILES string of the molecule is Cc1ccc(N2CC[C@@H](NC(=O)c3ccc(N(C)C)cc3)C2=O)cc1. The summed E-state index contributed by atoms with van der Waals surface area (Å²) in [5.41, 5.74) is 3.62. The summed E-state index contributed by atoms with van der Waals surface area (Å²) in [4.78, 5) is 28.7. The molecule has 0 aromatic heterocycles. The third kappa shape index (κ3) is 3.65. The fourth-order valence-electron chi connectivity index (χ4n) is 2.95. The minimum atomic E-state index is -0.470. The van der Waals surface area contributed by atoms with Crippen molar-refractivity contribution < 1.29 is 9.59 Å². The number of rotatable bonds is 4. The largest absolute Gasteiger partial charge is 0.378 e. The molecule has 0 spiro atoms. The Morgan fingerprint density at radius 2 is 1.72 bits per heavy atom. The second-order valence-electron chi connectivity index (χ2n) is 6.58. The van der Waals surface area contributed by atoms with E-state index in [0.29, 0.717) is 18.5 Å². The summed E-state index contributed by atoms with van der Waals surface area (Å²) < 4.78 is 0. The average Bonchev–Trinajstić information content (AvgIpc) is 2.96. The molecular formula is C20H23N3O2. The molecule has 5 heteroatoms. The predicted octanol–water partition coefficient (Wildman–Crippen LogP) is 2.60. The van der Waals surface area contributed by atoms with Gasteiger partial charge in [-0.15, -0.1) is 0 Å². The third-order valence-electron chi connectivity index (χ3n) is 4.50. The summed E-state index contributed by atoms with van der Waals surface area (Å²) in [7, 11) is 3.90. The van der Waals surface area contributed by atoms with Gasteiger partial charge in [-0.25, -0.2) is 0 Å². The van der Waals surface area contributed by atoms with E-state index in [-0.39, 0.29) is 11.8 Å². The number of nitrogens with zero attached hydrogens (tertiary/aromatic N) is 2. The van der Waals surface area contributed by atoms with E-state index in [9.17, 15) is 9.59 Å². The van der Waals surface area contributed by atoms with Crippen molar-refractivity contribution in [3.05, 3.63) is 59.7 Å². The van der Waals surface area contributed by atoms with E-state index >= 15 is 0 Å². The number of amides is 2. The van der Waals surface area contributed by atoms with Gasteiger partial charge < -0.3 is 15.1 Å². The van der Waals surface area contributed by atoms with Crippen molar-refractivity contribution in [2.24, 2.45) is 0 Å². The van der Waals surface area contributed by atoms with Crippen LogP contribution in [-0.2, 0) is 4.79 Å². The molecular weight excluding hydrogens is 314 g/mol. The highest BCUT2D eigenvalue weighted by atomic mass is 16.2. The van der Waals surface area contributed by atoms with E-state index < -0.39 is 6.04 Å². The van der Waals surface area contributed by atoms with E-state index in [1.165, 1.54) is 0 Å². The Kier molecular flexibility index (Phi) is 4.74. The minimum absolute atomic E-state index is 0.0536. The highest BCUT2D eigenvalue weighted by Gasteiger charge is 2.33. The van der Waals surface area contributed by atoms with Crippen LogP contribution in [0.15, 0.2) is 48.5 Å². The second kappa shape index (κ2) is 6.97. The lowest BCUT2D eigenvalue weighted by Crippen LogP contribution is -2.41. The lowest BCUT2D eigenvalue weighted by molar-refractivity contribution is -0.118. The lowest BCUT2D eigenvalue weighted by Gasteiger charge is -2.17. The van der Waals surface area contributed by atoms with Crippen LogP contribution in [0.4, 0.5) is 11.4 Å². The molecule has 130 valence electrons. The van der Waals surface area contributed by atoms with Crippen molar-refractivity contribution in [2.75, 3.05) is 30.4 Å². The van der Waals surface area contributed by atoms with Gasteiger partial charge in [0.1, 0.15) is 6.04 Å². The summed E-state index contributed by atoms with van der Waals surface area (Å²) in [6.45, 7) is 2.63. The monoisotopic (exact) mass is 337 g/mol. The van der Waals surface area contributed by atoms with Crippen LogP contribution in [0, 0.1) is 6.92 Å². The topological polar surface area (TPSA) is 52.7 Å². The van der Waals surface area contributed by atoms with Crippen LogP contribution >= 0.6 is 0 Å². The van der Waals surface area contributed by atoms with E-state index in [0.717, 1.165) is 16.9 Å². The molecule has 1 aliphatic rings. The molecule has 2 aromatic rings. The summed E-state index contributed by atoms with van der Waals surface area (Å²) in [6, 6.07) is 14.7. The van der Waals surface area contributed by atoms with Gasteiger partial charge in [0.15, 0.2) is 0 Å². The maximum absolute atomic E-state index is 12.6. The molecule has 5 nitrogen and oxygen atoms in total. The number of hydrogen-bond acceptors (Lipinski definition) is 3. The fraction of sp³-hybridized carbons (Fsp3) is 0.300. The number of nitrogens with one attached hydrogen (secondary N) is 1. The zero-order valence-corrected chi connectivity index (χ0v) is 14.8. The van der Waals surface area contributed by atoms with Crippen molar-refractivity contribution in [1.29, 1.82) is 0 Å². The maximum atomic E-state index is 12.6. The molecule has 0 bridgehead atoms. The third-order valence-corrected chi connectivity index (χ3v) is 4.50. The molecule has 0 aliphatic carbocycles. The number of carbonyl (C=O) groups is 2. The van der Waals surface area contributed by atoms with E-state index in [2.05, 4.69) is 5.32 Å². The van der Waals surface area contributed by atoms with Gasteiger partial charge in [-0.1, -0.05) is 17.7 Å². The number of anilines is 2. The Bertz CT molecular complexity index is 767. The van der Waals surface area contributed by atoms with Crippen LogP contribution in [0.2, 0.25) is 0 Å². The minimum Gasteiger partial charge on any atom is -0.378 e. The Morgan fingerprint density at radius 1 is 1.08 bits per heavy atom.